The molecule has 0 aromatic heterocycles. The van der Waals surface area contributed by atoms with Crippen LogP contribution >= 0.6 is 0 Å². The summed E-state index contributed by atoms with van der Waals surface area (Å²) in [4.78, 5) is 12.0. The van der Waals surface area contributed by atoms with Crippen molar-refractivity contribution in [2.24, 2.45) is 0 Å². The number of carbonyl (C=O) groups excluding carboxylic acids is 1. The number of carbonyl (C=O) groups is 1. The molecule has 0 bridgehead atoms. The topological polar surface area (TPSA) is 55.8 Å². The Labute approximate surface area is 136 Å². The van der Waals surface area contributed by atoms with Crippen LogP contribution in [0.5, 0.6) is 5.75 Å². The molecule has 0 fully saturated rings. The lowest BCUT2D eigenvalue weighted by molar-refractivity contribution is 0.00695. The first-order valence-electron chi connectivity index (χ1n) is 7.46. The number of aliphatic hydroxyl groups is 1. The number of methoxy groups -OCH3 is 1. The predicted octanol–water partition coefficient (Wildman–Crippen LogP) is 3.81. The third-order valence-corrected chi connectivity index (χ3v) is 3.34. The van der Waals surface area contributed by atoms with Crippen LogP contribution in [0, 0.1) is 0 Å². The maximum absolute atomic E-state index is 12.0. The molecule has 0 unspecified atom stereocenters. The Morgan fingerprint density at radius 2 is 1.74 bits per heavy atom. The van der Waals surface area contributed by atoms with Crippen LogP contribution in [0.15, 0.2) is 42.5 Å². The molecule has 0 saturated carbocycles. The Kier molecular flexibility index (Phi) is 5.06. The Morgan fingerprint density at radius 1 is 1.09 bits per heavy atom. The van der Waals surface area contributed by atoms with Crippen molar-refractivity contribution in [3.63, 3.8) is 0 Å². The molecular weight excluding hydrogens is 292 g/mol. The van der Waals surface area contributed by atoms with E-state index < -0.39 is 5.60 Å². The van der Waals surface area contributed by atoms with Crippen molar-refractivity contribution in [3.8, 4) is 16.9 Å². The van der Waals surface area contributed by atoms with Crippen molar-refractivity contribution in [1.82, 2.24) is 0 Å². The molecule has 0 spiro atoms. The van der Waals surface area contributed by atoms with Gasteiger partial charge in [-0.15, -0.1) is 0 Å². The summed E-state index contributed by atoms with van der Waals surface area (Å²) >= 11 is 0. The van der Waals surface area contributed by atoms with Gasteiger partial charge in [0.05, 0.1) is 19.3 Å². The zero-order valence-electron chi connectivity index (χ0n) is 13.9. The molecule has 4 nitrogen and oxygen atoms in total. The van der Waals surface area contributed by atoms with E-state index in [1.165, 1.54) is 0 Å². The fourth-order valence-corrected chi connectivity index (χ4v) is 2.31. The van der Waals surface area contributed by atoms with Crippen molar-refractivity contribution in [2.45, 2.75) is 33.0 Å². The molecule has 1 N–H and O–H groups in total. The average Bonchev–Trinajstić information content (AvgIpc) is 2.52. The van der Waals surface area contributed by atoms with E-state index in [1.54, 1.807) is 19.2 Å². The lowest BCUT2D eigenvalue weighted by Gasteiger charge is -2.19. The lowest BCUT2D eigenvalue weighted by atomic mass is 9.98. The zero-order valence-corrected chi connectivity index (χ0v) is 13.9. The minimum atomic E-state index is -0.521. The van der Waals surface area contributed by atoms with Crippen LogP contribution in [0.3, 0.4) is 0 Å². The maximum Gasteiger partial charge on any atom is 0.338 e. The fourth-order valence-electron chi connectivity index (χ4n) is 2.31. The van der Waals surface area contributed by atoms with Gasteiger partial charge in [-0.2, -0.15) is 0 Å². The quantitative estimate of drug-likeness (QED) is 0.872. The van der Waals surface area contributed by atoms with Gasteiger partial charge in [-0.3, -0.25) is 0 Å². The third kappa shape index (κ3) is 4.11. The normalized spacial score (nSPS) is 11.2. The fraction of sp³-hybridized carbons (Fsp3) is 0.316. The minimum absolute atomic E-state index is 0.118. The number of hydrogen-bond donors (Lipinski definition) is 1. The highest BCUT2D eigenvalue weighted by Gasteiger charge is 2.18. The largest absolute Gasteiger partial charge is 0.496 e. The van der Waals surface area contributed by atoms with E-state index in [2.05, 4.69) is 0 Å². The van der Waals surface area contributed by atoms with Gasteiger partial charge in [0.15, 0.2) is 0 Å². The Balaban J connectivity index is 2.32. The highest BCUT2D eigenvalue weighted by Crippen LogP contribution is 2.31. The van der Waals surface area contributed by atoms with E-state index in [0.717, 1.165) is 16.7 Å². The molecule has 0 aliphatic rings. The predicted molar refractivity (Wildman–Crippen MR) is 89.5 cm³/mol. The van der Waals surface area contributed by atoms with E-state index in [9.17, 15) is 9.90 Å². The van der Waals surface area contributed by atoms with Crippen LogP contribution < -0.4 is 4.74 Å². The van der Waals surface area contributed by atoms with Gasteiger partial charge < -0.3 is 14.6 Å². The molecule has 122 valence electrons. The van der Waals surface area contributed by atoms with Crippen LogP contribution in [0.25, 0.3) is 11.1 Å². The second-order valence-electron chi connectivity index (χ2n) is 6.22. The molecule has 4 heteroatoms. The first kappa shape index (κ1) is 17.0. The van der Waals surface area contributed by atoms with E-state index in [4.69, 9.17) is 9.47 Å². The SMILES string of the molecule is COc1cccc(-c2ccc(C(=O)OC(C)(C)C)cc2)c1CO. The first-order chi connectivity index (χ1) is 10.9. The Bertz CT molecular complexity index is 682. The van der Waals surface area contributed by atoms with E-state index in [-0.39, 0.29) is 12.6 Å². The van der Waals surface area contributed by atoms with Crippen LogP contribution in [0.4, 0.5) is 0 Å². The average molecular weight is 314 g/mol. The lowest BCUT2D eigenvalue weighted by Crippen LogP contribution is -2.23. The van der Waals surface area contributed by atoms with Crippen molar-refractivity contribution in [1.29, 1.82) is 0 Å². The first-order valence-corrected chi connectivity index (χ1v) is 7.46. The highest BCUT2D eigenvalue weighted by atomic mass is 16.6. The van der Waals surface area contributed by atoms with Gasteiger partial charge in [0.25, 0.3) is 0 Å². The number of aliphatic hydroxyl groups excluding tert-OH is 1. The smallest absolute Gasteiger partial charge is 0.338 e. The van der Waals surface area contributed by atoms with Gasteiger partial charge in [0, 0.05) is 5.56 Å². The molecule has 0 atom stereocenters. The summed E-state index contributed by atoms with van der Waals surface area (Å²) in [5, 5.41) is 9.61. The molecule has 0 radical (unpaired) electrons. The maximum atomic E-state index is 12.0. The second kappa shape index (κ2) is 6.84. The molecule has 2 aromatic rings. The van der Waals surface area contributed by atoms with E-state index in [0.29, 0.717) is 11.3 Å². The standard InChI is InChI=1S/C19H22O4/c1-19(2,3)23-18(21)14-10-8-13(9-11-14)15-6-5-7-17(22-4)16(15)12-20/h5-11,20H,12H2,1-4H3. The van der Waals surface area contributed by atoms with Crippen LogP contribution in [0.1, 0.15) is 36.7 Å². The molecule has 0 aliphatic carbocycles. The summed E-state index contributed by atoms with van der Waals surface area (Å²) in [5.74, 6) is 0.290. The summed E-state index contributed by atoms with van der Waals surface area (Å²) in [7, 11) is 1.57. The molecule has 23 heavy (non-hydrogen) atoms. The number of rotatable bonds is 4. The number of esters is 1. The second-order valence-corrected chi connectivity index (χ2v) is 6.22. The van der Waals surface area contributed by atoms with Gasteiger partial charge in [-0.25, -0.2) is 4.79 Å². The Hall–Kier alpha value is -2.33. The molecule has 0 aliphatic heterocycles. The Morgan fingerprint density at radius 3 is 2.26 bits per heavy atom. The number of ether oxygens (including phenoxy) is 2. The van der Waals surface area contributed by atoms with Crippen LogP contribution in [-0.4, -0.2) is 23.8 Å². The van der Waals surface area contributed by atoms with Gasteiger partial charge in [-0.05, 0) is 50.1 Å². The molecule has 0 saturated heterocycles. The summed E-state index contributed by atoms with van der Waals surface area (Å²) in [6.45, 7) is 5.39. The van der Waals surface area contributed by atoms with Crippen LogP contribution in [-0.2, 0) is 11.3 Å². The molecule has 2 aromatic carbocycles. The third-order valence-electron chi connectivity index (χ3n) is 3.34. The minimum Gasteiger partial charge on any atom is -0.496 e. The van der Waals surface area contributed by atoms with Crippen molar-refractivity contribution >= 4 is 5.97 Å². The molecular formula is C19H22O4. The van der Waals surface area contributed by atoms with E-state index in [1.807, 2.05) is 51.1 Å². The van der Waals surface area contributed by atoms with Gasteiger partial charge in [-0.1, -0.05) is 24.3 Å². The molecule has 2 rings (SSSR count). The van der Waals surface area contributed by atoms with Gasteiger partial charge in [0.1, 0.15) is 11.4 Å². The zero-order chi connectivity index (χ0) is 17.0. The number of benzene rings is 2. The van der Waals surface area contributed by atoms with Gasteiger partial charge >= 0.3 is 5.97 Å². The summed E-state index contributed by atoms with van der Waals surface area (Å²) in [6.07, 6.45) is 0. The monoisotopic (exact) mass is 314 g/mol. The van der Waals surface area contributed by atoms with Crippen LogP contribution in [0.2, 0.25) is 0 Å². The molecule has 0 heterocycles. The summed E-state index contributed by atoms with van der Waals surface area (Å²) < 4.78 is 10.6. The van der Waals surface area contributed by atoms with Crippen molar-refractivity contribution < 1.29 is 19.4 Å². The van der Waals surface area contributed by atoms with E-state index >= 15 is 0 Å². The number of hydrogen-bond acceptors (Lipinski definition) is 4. The molecule has 0 amide bonds. The summed E-state index contributed by atoms with van der Waals surface area (Å²) in [5.41, 5.74) is 2.48. The van der Waals surface area contributed by atoms with Crippen molar-refractivity contribution in [2.75, 3.05) is 7.11 Å². The van der Waals surface area contributed by atoms with Gasteiger partial charge in [0.2, 0.25) is 0 Å². The summed E-state index contributed by atoms with van der Waals surface area (Å²) in [6, 6.07) is 12.7. The highest BCUT2D eigenvalue weighted by molar-refractivity contribution is 5.90. The van der Waals surface area contributed by atoms with Crippen molar-refractivity contribution in [3.05, 3.63) is 53.6 Å².